The third-order valence-electron chi connectivity index (χ3n) is 2.60. The topological polar surface area (TPSA) is 55.3 Å². The number of nitrogens with zero attached hydrogens (tertiary/aromatic N) is 3. The van der Waals surface area contributed by atoms with Crippen LogP contribution in [-0.2, 0) is 10.5 Å². The van der Waals surface area contributed by atoms with Crippen molar-refractivity contribution in [2.24, 2.45) is 0 Å². The zero-order valence-electron chi connectivity index (χ0n) is 11.8. The van der Waals surface area contributed by atoms with Gasteiger partial charge in [0.1, 0.15) is 0 Å². The second kappa shape index (κ2) is 7.24. The van der Waals surface area contributed by atoms with Gasteiger partial charge in [-0.2, -0.15) is 0 Å². The highest BCUT2D eigenvalue weighted by Crippen LogP contribution is 2.31. The van der Waals surface area contributed by atoms with E-state index in [1.807, 2.05) is 25.1 Å². The molecule has 0 radical (unpaired) electrons. The lowest BCUT2D eigenvalue weighted by Gasteiger charge is -2.05. The first kappa shape index (κ1) is 16.3. The van der Waals surface area contributed by atoms with Crippen LogP contribution >= 0.6 is 39.0 Å². The van der Waals surface area contributed by atoms with E-state index in [9.17, 15) is 4.79 Å². The lowest BCUT2D eigenvalue weighted by Crippen LogP contribution is -2.07. The molecule has 0 saturated carbocycles. The molecule has 0 unspecified atom stereocenters. The molecule has 8 heteroatoms. The van der Waals surface area contributed by atoms with Crippen LogP contribution in [0.3, 0.4) is 0 Å². The molecule has 112 valence electrons. The number of ether oxygens (including phenoxy) is 1. The molecule has 0 N–H and O–H groups in total. The number of aromatic nitrogens is 2. The molecule has 0 amide bonds. The Labute approximate surface area is 139 Å². The molecule has 0 aliphatic rings. The van der Waals surface area contributed by atoms with Gasteiger partial charge < -0.3 is 9.64 Å². The van der Waals surface area contributed by atoms with E-state index < -0.39 is 0 Å². The quantitative estimate of drug-likeness (QED) is 0.578. The van der Waals surface area contributed by atoms with Crippen molar-refractivity contribution in [3.8, 4) is 0 Å². The molecule has 5 nitrogen and oxygen atoms in total. The van der Waals surface area contributed by atoms with E-state index in [0.717, 1.165) is 25.3 Å². The zero-order valence-corrected chi connectivity index (χ0v) is 15.0. The summed E-state index contributed by atoms with van der Waals surface area (Å²) < 4.78 is 6.50. The van der Waals surface area contributed by atoms with E-state index >= 15 is 0 Å². The summed E-state index contributed by atoms with van der Waals surface area (Å²) in [5, 5.41) is 9.13. The summed E-state index contributed by atoms with van der Waals surface area (Å²) in [5.41, 5.74) is 1.62. The Morgan fingerprint density at radius 2 is 2.19 bits per heavy atom. The largest absolute Gasteiger partial charge is 0.465 e. The highest BCUT2D eigenvalue weighted by atomic mass is 79.9. The van der Waals surface area contributed by atoms with Gasteiger partial charge in [-0.3, -0.25) is 0 Å². The number of carbonyl (C=O) groups is 1. The molecular formula is C13H14BrN3O2S2. The van der Waals surface area contributed by atoms with Gasteiger partial charge in [0.2, 0.25) is 5.13 Å². The van der Waals surface area contributed by atoms with E-state index in [1.54, 1.807) is 35.2 Å². The van der Waals surface area contributed by atoms with E-state index in [-0.39, 0.29) is 5.97 Å². The van der Waals surface area contributed by atoms with Gasteiger partial charge in [0.05, 0.1) is 12.7 Å². The number of hydrogen-bond donors (Lipinski definition) is 0. The molecule has 21 heavy (non-hydrogen) atoms. The summed E-state index contributed by atoms with van der Waals surface area (Å²) in [7, 11) is 5.26. The lowest BCUT2D eigenvalue weighted by atomic mass is 10.1. The normalized spacial score (nSPS) is 10.5. The summed E-state index contributed by atoms with van der Waals surface area (Å²) >= 11 is 6.66. The van der Waals surface area contributed by atoms with Crippen molar-refractivity contribution in [3.05, 3.63) is 33.8 Å². The van der Waals surface area contributed by atoms with Crippen LogP contribution in [0.25, 0.3) is 0 Å². The number of thioether (sulfide) groups is 1. The highest BCUT2D eigenvalue weighted by Gasteiger charge is 2.10. The highest BCUT2D eigenvalue weighted by molar-refractivity contribution is 9.10. The van der Waals surface area contributed by atoms with Crippen molar-refractivity contribution in [1.82, 2.24) is 10.2 Å². The number of anilines is 1. The Hall–Kier alpha value is -1.12. The molecule has 0 atom stereocenters. The average molecular weight is 388 g/mol. The number of halogens is 1. The Bertz CT molecular complexity index is 646. The second-order valence-corrected chi connectivity index (χ2v) is 7.36. The average Bonchev–Trinajstić information content (AvgIpc) is 2.94. The number of rotatable bonds is 5. The van der Waals surface area contributed by atoms with Gasteiger partial charge in [0.25, 0.3) is 0 Å². The number of benzene rings is 1. The fraction of sp³-hybridized carbons (Fsp3) is 0.308. The summed E-state index contributed by atoms with van der Waals surface area (Å²) in [4.78, 5) is 13.4. The number of esters is 1. The summed E-state index contributed by atoms with van der Waals surface area (Å²) in [6.07, 6.45) is 0. The van der Waals surface area contributed by atoms with Crippen LogP contribution in [0.5, 0.6) is 0 Å². The van der Waals surface area contributed by atoms with E-state index in [0.29, 0.717) is 5.56 Å². The van der Waals surface area contributed by atoms with E-state index in [4.69, 9.17) is 4.74 Å². The summed E-state index contributed by atoms with van der Waals surface area (Å²) in [6.45, 7) is 0. The van der Waals surface area contributed by atoms with Crippen LogP contribution < -0.4 is 4.90 Å². The van der Waals surface area contributed by atoms with Crippen LogP contribution in [-0.4, -0.2) is 37.4 Å². The monoisotopic (exact) mass is 387 g/mol. The molecule has 0 aliphatic carbocycles. The minimum Gasteiger partial charge on any atom is -0.465 e. The maximum absolute atomic E-state index is 11.5. The Morgan fingerprint density at radius 1 is 1.43 bits per heavy atom. The SMILES string of the molecule is COC(=O)c1ccc(CSc2nnc(N(C)C)s2)c(Br)c1. The maximum Gasteiger partial charge on any atom is 0.337 e. The minimum absolute atomic E-state index is 0.338. The molecule has 1 aromatic carbocycles. The lowest BCUT2D eigenvalue weighted by molar-refractivity contribution is 0.0600. The van der Waals surface area contributed by atoms with Crippen LogP contribution in [0.15, 0.2) is 27.0 Å². The summed E-state index contributed by atoms with van der Waals surface area (Å²) in [5.74, 6) is 0.416. The fourth-order valence-electron chi connectivity index (χ4n) is 1.49. The third-order valence-corrected chi connectivity index (χ3v) is 5.62. The molecule has 0 saturated heterocycles. The van der Waals surface area contributed by atoms with Gasteiger partial charge in [0, 0.05) is 24.3 Å². The van der Waals surface area contributed by atoms with Crippen LogP contribution in [0, 0.1) is 0 Å². The Morgan fingerprint density at radius 3 is 2.76 bits per heavy atom. The first-order valence-corrected chi connectivity index (χ1v) is 8.61. The van der Waals surface area contributed by atoms with Crippen molar-refractivity contribution in [3.63, 3.8) is 0 Å². The van der Waals surface area contributed by atoms with E-state index in [2.05, 4.69) is 26.1 Å². The number of carbonyl (C=O) groups excluding carboxylic acids is 1. The van der Waals surface area contributed by atoms with Crippen LogP contribution in [0.1, 0.15) is 15.9 Å². The molecule has 0 spiro atoms. The van der Waals surface area contributed by atoms with Gasteiger partial charge >= 0.3 is 5.97 Å². The molecule has 1 heterocycles. The predicted octanol–water partition coefficient (Wildman–Crippen LogP) is 3.45. The molecule has 2 rings (SSSR count). The Balaban J connectivity index is 2.04. The first-order chi connectivity index (χ1) is 10.0. The zero-order chi connectivity index (χ0) is 15.4. The summed E-state index contributed by atoms with van der Waals surface area (Å²) in [6, 6.07) is 5.45. The van der Waals surface area contributed by atoms with Gasteiger partial charge in [-0.1, -0.05) is 45.1 Å². The smallest absolute Gasteiger partial charge is 0.337 e. The van der Waals surface area contributed by atoms with Gasteiger partial charge in [-0.25, -0.2) is 4.79 Å². The predicted molar refractivity (Wildman–Crippen MR) is 89.3 cm³/mol. The van der Waals surface area contributed by atoms with Crippen molar-refractivity contribution in [2.75, 3.05) is 26.1 Å². The van der Waals surface area contributed by atoms with E-state index in [1.165, 1.54) is 7.11 Å². The van der Waals surface area contributed by atoms with Crippen LogP contribution in [0.2, 0.25) is 0 Å². The Kier molecular flexibility index (Phi) is 5.60. The van der Waals surface area contributed by atoms with Gasteiger partial charge in [-0.15, -0.1) is 10.2 Å². The van der Waals surface area contributed by atoms with Gasteiger partial charge in [0.15, 0.2) is 4.34 Å². The standard InChI is InChI=1S/C13H14BrN3O2S2/c1-17(2)12-15-16-13(21-12)20-7-9-5-4-8(6-10(9)14)11(18)19-3/h4-6H,7H2,1-3H3. The fourth-order valence-corrected chi connectivity index (χ4v) is 3.96. The van der Waals surface area contributed by atoms with Gasteiger partial charge in [-0.05, 0) is 17.7 Å². The van der Waals surface area contributed by atoms with Crippen molar-refractivity contribution >= 4 is 50.1 Å². The minimum atomic E-state index is -0.338. The number of hydrogen-bond acceptors (Lipinski definition) is 7. The molecule has 2 aromatic rings. The van der Waals surface area contributed by atoms with Crippen molar-refractivity contribution in [2.45, 2.75) is 10.1 Å². The maximum atomic E-state index is 11.5. The molecule has 1 aromatic heterocycles. The van der Waals surface area contributed by atoms with Crippen molar-refractivity contribution in [1.29, 1.82) is 0 Å². The third kappa shape index (κ3) is 4.18. The molecular weight excluding hydrogens is 374 g/mol. The molecule has 0 bridgehead atoms. The second-order valence-electron chi connectivity index (χ2n) is 4.33. The number of methoxy groups -OCH3 is 1. The van der Waals surface area contributed by atoms with Crippen molar-refractivity contribution < 1.29 is 9.53 Å². The molecule has 0 aliphatic heterocycles. The first-order valence-electron chi connectivity index (χ1n) is 6.01. The van der Waals surface area contributed by atoms with Crippen LogP contribution in [0.4, 0.5) is 5.13 Å². The molecule has 0 fully saturated rings.